The Balaban J connectivity index is 3.06. The second-order valence-corrected chi connectivity index (χ2v) is 2.98. The van der Waals surface area contributed by atoms with Gasteiger partial charge in [-0.1, -0.05) is 18.2 Å². The zero-order valence-corrected chi connectivity index (χ0v) is 7.19. The quantitative estimate of drug-likeness (QED) is 0.654. The summed E-state index contributed by atoms with van der Waals surface area (Å²) in [7, 11) is 1.62. The maximum absolute atomic E-state index is 11.5. The molecule has 0 spiro atoms. The largest absolute Gasteiger partial charge is 0.506 e. The minimum atomic E-state index is -0.0894. The summed E-state index contributed by atoms with van der Waals surface area (Å²) in [6, 6.07) is 7.01. The van der Waals surface area contributed by atoms with Crippen LogP contribution in [-0.4, -0.2) is 9.67 Å². The van der Waals surface area contributed by atoms with E-state index >= 15 is 0 Å². The second-order valence-electron chi connectivity index (χ2n) is 2.98. The zero-order chi connectivity index (χ0) is 9.42. The topological polar surface area (TPSA) is 42.2 Å². The number of fused-ring (bicyclic) bond motifs is 1. The van der Waals surface area contributed by atoms with Gasteiger partial charge in [0.15, 0.2) is 0 Å². The maximum atomic E-state index is 11.5. The first-order chi connectivity index (χ1) is 6.20. The molecule has 0 saturated heterocycles. The molecule has 0 bridgehead atoms. The van der Waals surface area contributed by atoms with Crippen molar-refractivity contribution in [1.82, 2.24) is 4.57 Å². The number of hydrogen-bond donors (Lipinski definition) is 1. The third-order valence-corrected chi connectivity index (χ3v) is 2.07. The maximum Gasteiger partial charge on any atom is 0.258 e. The Morgan fingerprint density at radius 2 is 1.85 bits per heavy atom. The van der Waals surface area contributed by atoms with Gasteiger partial charge in [-0.3, -0.25) is 4.79 Å². The molecular formula is C10H9NO2. The predicted octanol–water partition coefficient (Wildman–Crippen LogP) is 1.24. The van der Waals surface area contributed by atoms with E-state index in [0.717, 1.165) is 0 Å². The average molecular weight is 175 g/mol. The predicted molar refractivity (Wildman–Crippen MR) is 50.9 cm³/mol. The lowest BCUT2D eigenvalue weighted by Gasteiger charge is -2.02. The molecular weight excluding hydrogens is 166 g/mol. The van der Waals surface area contributed by atoms with Crippen LogP contribution in [0, 0.1) is 0 Å². The number of hydrogen-bond acceptors (Lipinski definition) is 2. The fourth-order valence-corrected chi connectivity index (χ4v) is 1.39. The van der Waals surface area contributed by atoms with Gasteiger partial charge in [0.05, 0.1) is 5.39 Å². The van der Waals surface area contributed by atoms with Crippen LogP contribution in [0.1, 0.15) is 0 Å². The molecule has 0 aliphatic rings. The van der Waals surface area contributed by atoms with E-state index in [1.165, 1.54) is 10.8 Å². The van der Waals surface area contributed by atoms with Crippen molar-refractivity contribution >= 4 is 10.8 Å². The normalized spacial score (nSPS) is 10.5. The van der Waals surface area contributed by atoms with Crippen molar-refractivity contribution in [2.75, 3.05) is 0 Å². The van der Waals surface area contributed by atoms with Crippen molar-refractivity contribution in [1.29, 1.82) is 0 Å². The molecule has 0 aliphatic heterocycles. The van der Waals surface area contributed by atoms with Crippen molar-refractivity contribution < 1.29 is 5.11 Å². The summed E-state index contributed by atoms with van der Waals surface area (Å²) in [6.07, 6.45) is 1.42. The molecule has 2 aromatic rings. The number of nitrogens with zero attached hydrogens (tertiary/aromatic N) is 1. The average Bonchev–Trinajstić information content (AvgIpc) is 2.15. The SMILES string of the molecule is Cn1cc(O)c2ccccc2c1=O. The van der Waals surface area contributed by atoms with Crippen molar-refractivity contribution in [2.45, 2.75) is 0 Å². The van der Waals surface area contributed by atoms with Crippen LogP contribution in [0.3, 0.4) is 0 Å². The van der Waals surface area contributed by atoms with E-state index < -0.39 is 0 Å². The molecule has 0 fully saturated rings. The van der Waals surface area contributed by atoms with E-state index in [4.69, 9.17) is 0 Å². The zero-order valence-electron chi connectivity index (χ0n) is 7.19. The van der Waals surface area contributed by atoms with Crippen LogP contribution in [0.5, 0.6) is 5.75 Å². The van der Waals surface area contributed by atoms with Gasteiger partial charge >= 0.3 is 0 Å². The summed E-state index contributed by atoms with van der Waals surface area (Å²) in [4.78, 5) is 11.5. The van der Waals surface area contributed by atoms with Gasteiger partial charge < -0.3 is 9.67 Å². The number of aromatic hydroxyl groups is 1. The molecule has 0 amide bonds. The first-order valence-corrected chi connectivity index (χ1v) is 3.97. The Labute approximate surface area is 74.9 Å². The Morgan fingerprint density at radius 3 is 2.54 bits per heavy atom. The summed E-state index contributed by atoms with van der Waals surface area (Å²) < 4.78 is 1.37. The van der Waals surface area contributed by atoms with Crippen molar-refractivity contribution in [2.24, 2.45) is 7.05 Å². The van der Waals surface area contributed by atoms with Gasteiger partial charge in [0.25, 0.3) is 5.56 Å². The van der Waals surface area contributed by atoms with Crippen LogP contribution >= 0.6 is 0 Å². The second kappa shape index (κ2) is 2.62. The van der Waals surface area contributed by atoms with E-state index in [1.54, 1.807) is 31.3 Å². The van der Waals surface area contributed by atoms with Crippen LogP contribution < -0.4 is 5.56 Å². The first kappa shape index (κ1) is 7.86. The highest BCUT2D eigenvalue weighted by molar-refractivity contribution is 5.86. The number of benzene rings is 1. The highest BCUT2D eigenvalue weighted by Crippen LogP contribution is 2.19. The minimum absolute atomic E-state index is 0.0894. The Kier molecular flexibility index (Phi) is 1.59. The van der Waals surface area contributed by atoms with E-state index in [0.29, 0.717) is 10.8 Å². The van der Waals surface area contributed by atoms with Gasteiger partial charge in [-0.15, -0.1) is 0 Å². The molecule has 0 radical (unpaired) electrons. The molecule has 3 heteroatoms. The van der Waals surface area contributed by atoms with E-state index in [-0.39, 0.29) is 11.3 Å². The Morgan fingerprint density at radius 1 is 1.23 bits per heavy atom. The lowest BCUT2D eigenvalue weighted by atomic mass is 10.1. The molecule has 1 aromatic carbocycles. The molecule has 0 aliphatic carbocycles. The van der Waals surface area contributed by atoms with Crippen LogP contribution in [0.15, 0.2) is 35.3 Å². The highest BCUT2D eigenvalue weighted by Gasteiger charge is 2.03. The van der Waals surface area contributed by atoms with Gasteiger partial charge in [0, 0.05) is 18.6 Å². The van der Waals surface area contributed by atoms with E-state index in [9.17, 15) is 9.90 Å². The van der Waals surface area contributed by atoms with Gasteiger partial charge in [-0.2, -0.15) is 0 Å². The van der Waals surface area contributed by atoms with Crippen LogP contribution in [0.4, 0.5) is 0 Å². The number of aromatic nitrogens is 1. The molecule has 13 heavy (non-hydrogen) atoms. The van der Waals surface area contributed by atoms with Gasteiger partial charge in [-0.05, 0) is 6.07 Å². The van der Waals surface area contributed by atoms with Crippen molar-refractivity contribution in [3.05, 3.63) is 40.8 Å². The Bertz CT molecular complexity index is 514. The summed E-state index contributed by atoms with van der Waals surface area (Å²) in [5.41, 5.74) is -0.0894. The molecule has 66 valence electrons. The molecule has 0 saturated carbocycles. The molecule has 1 heterocycles. The standard InChI is InChI=1S/C10H9NO2/c1-11-6-9(12)7-4-2-3-5-8(7)10(11)13/h2-6,12H,1H3. The monoisotopic (exact) mass is 175 g/mol. The third-order valence-electron chi connectivity index (χ3n) is 2.07. The van der Waals surface area contributed by atoms with Crippen molar-refractivity contribution in [3.8, 4) is 5.75 Å². The number of pyridine rings is 1. The third kappa shape index (κ3) is 1.09. The highest BCUT2D eigenvalue weighted by atomic mass is 16.3. The summed E-state index contributed by atoms with van der Waals surface area (Å²) >= 11 is 0. The van der Waals surface area contributed by atoms with Crippen LogP contribution in [-0.2, 0) is 7.05 Å². The summed E-state index contributed by atoms with van der Waals surface area (Å²) in [6.45, 7) is 0. The molecule has 0 unspecified atom stereocenters. The van der Waals surface area contributed by atoms with E-state index in [2.05, 4.69) is 0 Å². The van der Waals surface area contributed by atoms with Gasteiger partial charge in [0.1, 0.15) is 5.75 Å². The first-order valence-electron chi connectivity index (χ1n) is 3.97. The smallest absolute Gasteiger partial charge is 0.258 e. The minimum Gasteiger partial charge on any atom is -0.506 e. The lowest BCUT2D eigenvalue weighted by Crippen LogP contribution is -2.15. The number of rotatable bonds is 0. The Hall–Kier alpha value is -1.77. The molecule has 1 aromatic heterocycles. The van der Waals surface area contributed by atoms with E-state index in [1.807, 2.05) is 0 Å². The lowest BCUT2D eigenvalue weighted by molar-refractivity contribution is 0.475. The summed E-state index contributed by atoms with van der Waals surface area (Å²) in [5, 5.41) is 10.7. The molecule has 3 nitrogen and oxygen atoms in total. The molecule has 1 N–H and O–H groups in total. The van der Waals surface area contributed by atoms with Gasteiger partial charge in [-0.25, -0.2) is 0 Å². The van der Waals surface area contributed by atoms with Gasteiger partial charge in [0.2, 0.25) is 0 Å². The molecule has 0 atom stereocenters. The fraction of sp³-hybridized carbons (Fsp3) is 0.100. The van der Waals surface area contributed by atoms with Crippen LogP contribution in [0.2, 0.25) is 0 Å². The molecule has 2 rings (SSSR count). The van der Waals surface area contributed by atoms with Crippen LogP contribution in [0.25, 0.3) is 10.8 Å². The fourth-order valence-electron chi connectivity index (χ4n) is 1.39. The number of aryl methyl sites for hydroxylation is 1. The van der Waals surface area contributed by atoms with Crippen molar-refractivity contribution in [3.63, 3.8) is 0 Å². The summed E-state index contributed by atoms with van der Waals surface area (Å²) in [5.74, 6) is 0.137.